The number of carbonyl (C=O) groups is 6. The Morgan fingerprint density at radius 1 is 0.389 bits per heavy atom. The molecule has 4 amide bonds. The molecule has 31 N–H and O–H groups in total. The SMILES string of the molecule is CC(=O)N[C@H]1[C@H](OC[C@H]2O[C@@H](O[C@@H]([C@H](O)[C@@H](O)CO)[C@H](O)CO)[C@H](O)[C@@H](O[C@@H]3O[C@H](CO[C@]4(C(=O)O)C[C@H](O)[C@@H](NC(C)=O)[C@H]([C@H](O)[C@H](O)CO)O4)[C@@H](O)[C@H](O[C@@H]4O[C@H](CO)[C@H](O)[C@H](O[C@]5(C(=O)O)C[C@H](O)[C@@H](NC(C)=O)[C@H]([C@H](O)[C@H](O)CO)O5)[C@H]4O)[C@H]3NC(C)=O)[C@H]2O)O[C@H](CO)[C@@H](O[C@@H]2O[C@H](CO)[C@H](O)[C@H](O)[C@H]2O)[C@@H]1O. The van der Waals surface area contributed by atoms with E-state index in [2.05, 4.69) is 21.3 Å². The molecule has 0 aromatic carbocycles. The first-order chi connectivity index (χ1) is 53.0. The van der Waals surface area contributed by atoms with Gasteiger partial charge in [-0.2, -0.15) is 0 Å². The third kappa shape index (κ3) is 21.8. The van der Waals surface area contributed by atoms with Gasteiger partial charge in [0.15, 0.2) is 31.5 Å². The minimum absolute atomic E-state index is 0.778. The second kappa shape index (κ2) is 41.3. The molecule has 0 radical (unpaired) electrons. The Kier molecular flexibility index (Phi) is 34.9. The van der Waals surface area contributed by atoms with Gasteiger partial charge in [-0.25, -0.2) is 9.59 Å². The van der Waals surface area contributed by atoms with Crippen LogP contribution in [0.15, 0.2) is 0 Å². The van der Waals surface area contributed by atoms with Crippen molar-refractivity contribution in [1.82, 2.24) is 21.3 Å². The molecular weight excluding hydrogens is 1550 g/mol. The van der Waals surface area contributed by atoms with Crippen LogP contribution in [0.1, 0.15) is 40.5 Å². The predicted molar refractivity (Wildman–Crippen MR) is 347 cm³/mol. The molecule has 0 aromatic rings. The molecule has 51 heteroatoms. The lowest BCUT2D eigenvalue weighted by Gasteiger charge is -2.52. The molecular formula is C62H104N4O47. The van der Waals surface area contributed by atoms with E-state index in [4.69, 9.17) is 66.3 Å². The zero-order valence-corrected chi connectivity index (χ0v) is 60.5. The normalized spacial score (nSPS) is 42.6. The van der Waals surface area contributed by atoms with E-state index in [1.807, 2.05) is 0 Å². The molecule has 0 spiro atoms. The van der Waals surface area contributed by atoms with Gasteiger partial charge >= 0.3 is 11.9 Å². The summed E-state index contributed by atoms with van der Waals surface area (Å²) in [6.45, 7) is -7.82. The van der Waals surface area contributed by atoms with Crippen LogP contribution in [0.4, 0.5) is 0 Å². The minimum atomic E-state index is -3.44. The van der Waals surface area contributed by atoms with Crippen molar-refractivity contribution in [2.45, 2.75) is 291 Å². The Hall–Kier alpha value is -4.74. The van der Waals surface area contributed by atoms with E-state index in [0.717, 1.165) is 27.7 Å². The summed E-state index contributed by atoms with van der Waals surface area (Å²) in [6, 6.07) is -7.90. The van der Waals surface area contributed by atoms with Gasteiger partial charge in [0, 0.05) is 40.5 Å². The molecule has 113 heavy (non-hydrogen) atoms. The molecule has 654 valence electrons. The number of amides is 4. The fourth-order valence-electron chi connectivity index (χ4n) is 13.9. The summed E-state index contributed by atoms with van der Waals surface area (Å²) < 4.78 is 82.1. The van der Waals surface area contributed by atoms with Crippen molar-refractivity contribution in [3.05, 3.63) is 0 Å². The molecule has 0 unspecified atom stereocenters. The molecule has 0 bridgehead atoms. The summed E-state index contributed by atoms with van der Waals surface area (Å²) in [7, 11) is 0. The Bertz CT molecular complexity index is 3060. The van der Waals surface area contributed by atoms with Gasteiger partial charge in [0.05, 0.1) is 83.8 Å². The van der Waals surface area contributed by atoms with E-state index in [1.165, 1.54) is 0 Å². The van der Waals surface area contributed by atoms with Crippen molar-refractivity contribution in [2.75, 3.05) is 59.5 Å². The Morgan fingerprint density at radius 3 is 1.28 bits per heavy atom. The van der Waals surface area contributed by atoms with Crippen LogP contribution in [0, 0.1) is 0 Å². The first kappa shape index (κ1) is 95.4. The topological polar surface area (TPSA) is 826 Å². The number of nitrogens with one attached hydrogen (secondary N) is 4. The van der Waals surface area contributed by atoms with Crippen LogP contribution in [0.3, 0.4) is 0 Å². The van der Waals surface area contributed by atoms with Crippen LogP contribution in [-0.2, 0) is 95.1 Å². The van der Waals surface area contributed by atoms with Crippen molar-refractivity contribution in [3.8, 4) is 0 Å². The highest BCUT2D eigenvalue weighted by molar-refractivity contribution is 5.78. The molecule has 0 aromatic heterocycles. The molecule has 0 saturated carbocycles. The molecule has 0 aliphatic carbocycles. The van der Waals surface area contributed by atoms with E-state index >= 15 is 0 Å². The lowest BCUT2D eigenvalue weighted by Crippen LogP contribution is -2.72. The monoisotopic (exact) mass is 1660 g/mol. The molecule has 41 atom stereocenters. The van der Waals surface area contributed by atoms with E-state index in [0.29, 0.717) is 0 Å². The molecule has 7 saturated heterocycles. The fraction of sp³-hybridized carbons (Fsp3) is 0.903. The number of carbonyl (C=O) groups excluding carboxylic acids is 4. The maximum absolute atomic E-state index is 13.6. The average Bonchev–Trinajstić information content (AvgIpc) is 0.758. The van der Waals surface area contributed by atoms with Gasteiger partial charge in [-0.05, 0) is 0 Å². The van der Waals surface area contributed by atoms with Crippen molar-refractivity contribution >= 4 is 35.6 Å². The summed E-state index contributed by atoms with van der Waals surface area (Å²) in [6.07, 6.45) is -83.2. The maximum Gasteiger partial charge on any atom is 0.364 e. The summed E-state index contributed by atoms with van der Waals surface area (Å²) in [5.74, 6) is -15.2. The highest BCUT2D eigenvalue weighted by atomic mass is 16.8. The summed E-state index contributed by atoms with van der Waals surface area (Å²) >= 11 is 0. The number of ether oxygens (including phenoxy) is 14. The van der Waals surface area contributed by atoms with Crippen LogP contribution in [0.2, 0.25) is 0 Å². The zero-order chi connectivity index (χ0) is 84.5. The maximum atomic E-state index is 13.6. The zero-order valence-electron chi connectivity index (χ0n) is 60.5. The summed E-state index contributed by atoms with van der Waals surface area (Å²) in [5, 5.41) is 306. The molecule has 51 nitrogen and oxygen atoms in total. The third-order valence-electron chi connectivity index (χ3n) is 19.8. The average molecular weight is 1660 g/mol. The lowest BCUT2D eigenvalue weighted by molar-refractivity contribution is -0.390. The Labute approximate surface area is 638 Å². The van der Waals surface area contributed by atoms with Gasteiger partial charge in [-0.1, -0.05) is 0 Å². The van der Waals surface area contributed by atoms with Crippen molar-refractivity contribution in [1.29, 1.82) is 0 Å². The number of rotatable bonds is 36. The number of carboxylic acid groups (broad SMARTS) is 2. The van der Waals surface area contributed by atoms with Crippen molar-refractivity contribution in [3.63, 3.8) is 0 Å². The summed E-state index contributed by atoms with van der Waals surface area (Å²) in [4.78, 5) is 78.2. The third-order valence-corrected chi connectivity index (χ3v) is 19.8. The van der Waals surface area contributed by atoms with E-state index < -0.39 is 358 Å². The Balaban J connectivity index is 1.34. The highest BCUT2D eigenvalue weighted by Gasteiger charge is 2.63. The largest absolute Gasteiger partial charge is 0.477 e. The van der Waals surface area contributed by atoms with E-state index in [-0.39, 0.29) is 0 Å². The van der Waals surface area contributed by atoms with Crippen LogP contribution in [0.25, 0.3) is 0 Å². The van der Waals surface area contributed by atoms with E-state index in [9.17, 15) is 167 Å². The molecule has 7 fully saturated rings. The van der Waals surface area contributed by atoms with Crippen molar-refractivity contribution < 1.29 is 233 Å². The predicted octanol–water partition coefficient (Wildman–Crippen LogP) is -19.8. The Morgan fingerprint density at radius 2 is 0.788 bits per heavy atom. The van der Waals surface area contributed by atoms with Gasteiger partial charge in [0.2, 0.25) is 23.6 Å². The minimum Gasteiger partial charge on any atom is -0.477 e. The van der Waals surface area contributed by atoms with Gasteiger partial charge in [0.25, 0.3) is 11.6 Å². The molecule has 7 aliphatic heterocycles. The number of aliphatic carboxylic acids is 2. The summed E-state index contributed by atoms with van der Waals surface area (Å²) in [5.41, 5.74) is 0. The number of hydrogen-bond acceptors (Lipinski definition) is 45. The number of aliphatic hydroxyl groups is 25. The van der Waals surface area contributed by atoms with Crippen molar-refractivity contribution in [2.24, 2.45) is 0 Å². The van der Waals surface area contributed by atoms with Gasteiger partial charge < -0.3 is 225 Å². The van der Waals surface area contributed by atoms with Gasteiger partial charge in [-0.15, -0.1) is 0 Å². The molecule has 7 rings (SSSR count). The fourth-order valence-corrected chi connectivity index (χ4v) is 13.9. The second-order valence-electron chi connectivity index (χ2n) is 28.0. The van der Waals surface area contributed by atoms with Gasteiger partial charge in [-0.3, -0.25) is 19.2 Å². The van der Waals surface area contributed by atoms with Crippen LogP contribution < -0.4 is 21.3 Å². The lowest BCUT2D eigenvalue weighted by atomic mass is 9.88. The first-order valence-corrected chi connectivity index (χ1v) is 35.3. The number of carboxylic acids is 2. The highest BCUT2D eigenvalue weighted by Crippen LogP contribution is 2.42. The molecule has 7 aliphatic rings. The quantitative estimate of drug-likeness (QED) is 0.0277. The molecule has 7 heterocycles. The standard InChI is InChI=1S/C62H104N4O47/c1-16(74)63-31-20(78)5-61(59(96)97,111-50(31)36(85)23(81)8-68)101-15-30-40(89)49(109-58-46(95)53(39(88)27(12-72)103-58)113-62(60(98)99)6-21(79)32(64-17(2)75)51(112-62)37(86)24(82)9-69)34(66-19(4)77)55(105-30)110-52-41(90)29(106-57(45(52)94)107-47(25(83)10-70)35(84)22(80)7-67)14-100-54-33(65-18(3)76)42(91)48(28(13-73)104-54)108-56-44(93)43(92)38(87)26(11-71)102-56/h20-58,67-73,78-95H,5-15H2,1-4H3,(H,63,74)(H,64,75)(H,65,76)(H,66,77)(H,96,97)(H,98,99)/t20-,21-,22-,23+,24+,25+,26+,27+,28+,29+,30+,31+,32+,33+,34+,35+,36+,37+,38-,39-,40+,41-,42+,43-,44+,45+,46+,47+,48+,49+,50+,51+,52-,53-,54+,55-,56-,57-,58-,61+,62-/m0/s1. The van der Waals surface area contributed by atoms with Crippen LogP contribution in [-0.4, -0.2) is 483 Å². The van der Waals surface area contributed by atoms with E-state index in [1.54, 1.807) is 0 Å². The first-order valence-electron chi connectivity index (χ1n) is 35.3. The van der Waals surface area contributed by atoms with Crippen LogP contribution >= 0.6 is 0 Å². The number of aliphatic hydroxyl groups excluding tert-OH is 25. The second-order valence-corrected chi connectivity index (χ2v) is 28.0. The number of hydrogen-bond donors (Lipinski definition) is 31. The smallest absolute Gasteiger partial charge is 0.364 e. The van der Waals surface area contributed by atoms with Gasteiger partial charge in [0.1, 0.15) is 183 Å². The van der Waals surface area contributed by atoms with Crippen LogP contribution in [0.5, 0.6) is 0 Å².